The van der Waals surface area contributed by atoms with Crippen molar-refractivity contribution in [2.75, 3.05) is 6.61 Å². The predicted octanol–water partition coefficient (Wildman–Crippen LogP) is 4.03. The first-order valence-electron chi connectivity index (χ1n) is 7.16. The summed E-state index contributed by atoms with van der Waals surface area (Å²) in [4.78, 5) is 19.3. The van der Waals surface area contributed by atoms with Crippen LogP contribution in [0.5, 0.6) is 5.88 Å². The number of carboxylic acids is 1. The second kappa shape index (κ2) is 7.62. The molecule has 1 aromatic heterocycles. The number of ether oxygens (including phenoxy) is 1. The Morgan fingerprint density at radius 1 is 1.26 bits per heavy atom. The lowest BCUT2D eigenvalue weighted by Crippen LogP contribution is -2.13. The molecule has 122 valence electrons. The van der Waals surface area contributed by atoms with Crippen molar-refractivity contribution in [1.82, 2.24) is 9.97 Å². The first kappa shape index (κ1) is 17.5. The van der Waals surface area contributed by atoms with Gasteiger partial charge in [-0.25, -0.2) is 9.78 Å². The van der Waals surface area contributed by atoms with Crippen LogP contribution < -0.4 is 4.74 Å². The molecule has 0 fully saturated rings. The monoisotopic (exact) mass is 354 g/mol. The van der Waals surface area contributed by atoms with Crippen LogP contribution in [0.1, 0.15) is 41.3 Å². The molecule has 0 saturated carbocycles. The van der Waals surface area contributed by atoms with E-state index in [0.717, 1.165) is 11.1 Å². The summed E-state index contributed by atoms with van der Waals surface area (Å²) < 4.78 is 5.52. The molecule has 0 spiro atoms. The van der Waals surface area contributed by atoms with E-state index in [-0.39, 0.29) is 11.7 Å². The van der Waals surface area contributed by atoms with E-state index < -0.39 is 5.97 Å². The Bertz CT molecular complexity index is 736. The summed E-state index contributed by atoms with van der Waals surface area (Å²) in [5.41, 5.74) is 2.15. The van der Waals surface area contributed by atoms with Crippen LogP contribution in [0.25, 0.3) is 0 Å². The molecule has 0 aliphatic carbocycles. The number of rotatable bonds is 6. The van der Waals surface area contributed by atoms with E-state index >= 15 is 0 Å². The molecule has 7 heteroatoms. The van der Waals surface area contributed by atoms with Gasteiger partial charge < -0.3 is 9.84 Å². The molecule has 5 nitrogen and oxygen atoms in total. The Morgan fingerprint density at radius 2 is 2.00 bits per heavy atom. The third-order valence-electron chi connectivity index (χ3n) is 3.26. The van der Waals surface area contributed by atoms with Crippen LogP contribution in [0.15, 0.2) is 18.2 Å². The minimum Gasteiger partial charge on any atom is -0.478 e. The first-order chi connectivity index (χ1) is 11.0. The number of halogens is 2. The van der Waals surface area contributed by atoms with E-state index in [2.05, 4.69) is 9.97 Å². The van der Waals surface area contributed by atoms with Gasteiger partial charge in [-0.1, -0.05) is 42.3 Å². The molecule has 0 radical (unpaired) electrons. The second-order valence-electron chi connectivity index (χ2n) is 4.76. The van der Waals surface area contributed by atoms with Gasteiger partial charge in [0.2, 0.25) is 11.7 Å². The van der Waals surface area contributed by atoms with Crippen LogP contribution in [0.4, 0.5) is 0 Å². The highest BCUT2D eigenvalue weighted by Crippen LogP contribution is 2.30. The molecular weight excluding hydrogens is 339 g/mol. The fourth-order valence-electron chi connectivity index (χ4n) is 2.20. The molecule has 1 N–H and O–H groups in total. The first-order valence-corrected chi connectivity index (χ1v) is 7.92. The van der Waals surface area contributed by atoms with Crippen LogP contribution in [0.2, 0.25) is 10.0 Å². The van der Waals surface area contributed by atoms with Gasteiger partial charge in [-0.3, -0.25) is 0 Å². The van der Waals surface area contributed by atoms with Gasteiger partial charge in [0.05, 0.1) is 22.3 Å². The molecule has 0 unspecified atom stereocenters. The van der Waals surface area contributed by atoms with Crippen molar-refractivity contribution in [3.05, 3.63) is 50.9 Å². The zero-order valence-electron chi connectivity index (χ0n) is 12.8. The minimum absolute atomic E-state index is 0.271. The lowest BCUT2D eigenvalue weighted by atomic mass is 10.0. The van der Waals surface area contributed by atoms with Gasteiger partial charge >= 0.3 is 5.97 Å². The molecule has 23 heavy (non-hydrogen) atoms. The Balaban J connectivity index is 2.55. The number of benzene rings is 1. The van der Waals surface area contributed by atoms with Gasteiger partial charge in [-0.15, -0.1) is 0 Å². The highest BCUT2D eigenvalue weighted by Gasteiger charge is 2.19. The highest BCUT2D eigenvalue weighted by atomic mass is 35.5. The normalized spacial score (nSPS) is 10.6. The Morgan fingerprint density at radius 3 is 2.61 bits per heavy atom. The average molecular weight is 355 g/mol. The number of carboxylic acid groups (broad SMARTS) is 1. The van der Waals surface area contributed by atoms with E-state index in [9.17, 15) is 4.79 Å². The third kappa shape index (κ3) is 3.92. The second-order valence-corrected chi connectivity index (χ2v) is 5.54. The molecule has 0 bridgehead atoms. The number of aryl methyl sites for hydroxylation is 1. The molecule has 0 aliphatic rings. The highest BCUT2D eigenvalue weighted by molar-refractivity contribution is 6.42. The van der Waals surface area contributed by atoms with Crippen LogP contribution in [-0.4, -0.2) is 27.7 Å². The van der Waals surface area contributed by atoms with Crippen LogP contribution in [0.3, 0.4) is 0 Å². The number of hydrogen-bond acceptors (Lipinski definition) is 4. The van der Waals surface area contributed by atoms with Gasteiger partial charge in [0.15, 0.2) is 0 Å². The van der Waals surface area contributed by atoms with E-state index in [1.54, 1.807) is 6.07 Å². The Hall–Kier alpha value is -1.85. The molecule has 2 aromatic rings. The SMILES string of the molecule is CCOc1nc(C(=O)O)nc(CC)c1Cc1cccc(Cl)c1Cl. The lowest BCUT2D eigenvalue weighted by molar-refractivity contribution is 0.0681. The van der Waals surface area contributed by atoms with Crippen LogP contribution >= 0.6 is 23.2 Å². The Labute approximate surface area is 144 Å². The van der Waals surface area contributed by atoms with Gasteiger partial charge in [0, 0.05) is 12.0 Å². The minimum atomic E-state index is -1.19. The fourth-order valence-corrected chi connectivity index (χ4v) is 2.59. The van der Waals surface area contributed by atoms with E-state index in [1.165, 1.54) is 0 Å². The summed E-state index contributed by atoms with van der Waals surface area (Å²) in [6.45, 7) is 4.08. The zero-order valence-corrected chi connectivity index (χ0v) is 14.3. The molecule has 0 amide bonds. The number of hydrogen-bond donors (Lipinski definition) is 1. The number of aromatic carboxylic acids is 1. The standard InChI is InChI=1S/C16H16Cl2N2O3/c1-3-12-10(8-9-6-5-7-11(17)13(9)18)15(23-4-2)20-14(19-12)16(21)22/h5-7H,3-4,8H2,1-2H3,(H,21,22). The zero-order chi connectivity index (χ0) is 17.0. The average Bonchev–Trinajstić information content (AvgIpc) is 2.53. The van der Waals surface area contributed by atoms with Crippen LogP contribution in [0, 0.1) is 0 Å². The largest absolute Gasteiger partial charge is 0.478 e. The van der Waals surface area contributed by atoms with Gasteiger partial charge in [-0.05, 0) is 25.0 Å². The maximum Gasteiger partial charge on any atom is 0.374 e. The number of aromatic nitrogens is 2. The number of nitrogens with zero attached hydrogens (tertiary/aromatic N) is 2. The molecule has 0 atom stereocenters. The molecule has 0 saturated heterocycles. The quantitative estimate of drug-likeness (QED) is 0.847. The van der Waals surface area contributed by atoms with E-state index in [4.69, 9.17) is 33.0 Å². The summed E-state index contributed by atoms with van der Waals surface area (Å²) in [7, 11) is 0. The lowest BCUT2D eigenvalue weighted by Gasteiger charge is -2.14. The molecule has 2 rings (SSSR count). The van der Waals surface area contributed by atoms with Crippen molar-refractivity contribution in [3.8, 4) is 5.88 Å². The topological polar surface area (TPSA) is 72.3 Å². The van der Waals surface area contributed by atoms with Crippen molar-refractivity contribution in [2.45, 2.75) is 26.7 Å². The number of carbonyl (C=O) groups is 1. The molecule has 0 aliphatic heterocycles. The van der Waals surface area contributed by atoms with Crippen molar-refractivity contribution in [2.24, 2.45) is 0 Å². The van der Waals surface area contributed by atoms with Crippen LogP contribution in [-0.2, 0) is 12.8 Å². The third-order valence-corrected chi connectivity index (χ3v) is 4.12. The summed E-state index contributed by atoms with van der Waals surface area (Å²) in [5, 5.41) is 10.1. The van der Waals surface area contributed by atoms with Crippen molar-refractivity contribution >= 4 is 29.2 Å². The summed E-state index contributed by atoms with van der Waals surface area (Å²) in [5.74, 6) is -1.19. The molecule has 1 heterocycles. The van der Waals surface area contributed by atoms with E-state index in [1.807, 2.05) is 26.0 Å². The van der Waals surface area contributed by atoms with Gasteiger partial charge in [-0.2, -0.15) is 4.98 Å². The fraction of sp³-hybridized carbons (Fsp3) is 0.312. The maximum absolute atomic E-state index is 11.2. The molecular formula is C16H16Cl2N2O3. The Kier molecular flexibility index (Phi) is 5.80. The van der Waals surface area contributed by atoms with Crippen molar-refractivity contribution in [1.29, 1.82) is 0 Å². The summed E-state index contributed by atoms with van der Waals surface area (Å²) in [6, 6.07) is 5.37. The van der Waals surface area contributed by atoms with Crippen molar-refractivity contribution in [3.63, 3.8) is 0 Å². The smallest absolute Gasteiger partial charge is 0.374 e. The van der Waals surface area contributed by atoms with Gasteiger partial charge in [0.25, 0.3) is 0 Å². The molecule has 1 aromatic carbocycles. The van der Waals surface area contributed by atoms with Crippen molar-refractivity contribution < 1.29 is 14.6 Å². The summed E-state index contributed by atoms with van der Waals surface area (Å²) >= 11 is 12.3. The van der Waals surface area contributed by atoms with E-state index in [0.29, 0.717) is 35.2 Å². The predicted molar refractivity (Wildman–Crippen MR) is 88.8 cm³/mol. The van der Waals surface area contributed by atoms with Gasteiger partial charge in [0.1, 0.15) is 0 Å². The maximum atomic E-state index is 11.2. The summed E-state index contributed by atoms with van der Waals surface area (Å²) in [6.07, 6.45) is 0.966.